The van der Waals surface area contributed by atoms with Gasteiger partial charge in [0, 0.05) is 5.56 Å². The number of aryl methyl sites for hydroxylation is 1. The first-order valence-corrected chi connectivity index (χ1v) is 7.36. The Kier molecular flexibility index (Phi) is 4.02. The highest BCUT2D eigenvalue weighted by Gasteiger charge is 2.29. The fourth-order valence-electron chi connectivity index (χ4n) is 1.18. The molecule has 0 aromatic heterocycles. The van der Waals surface area contributed by atoms with E-state index in [-0.39, 0.29) is 4.99 Å². The molecule has 0 atom stereocenters. The molecule has 0 spiro atoms. The monoisotopic (exact) mass is 286 g/mol. The Balaban J connectivity index is 3.20. The molecule has 0 saturated carbocycles. The highest BCUT2D eigenvalue weighted by atomic mass is 32.2. The maximum absolute atomic E-state index is 12.1. The van der Waals surface area contributed by atoms with E-state index in [1.165, 1.54) is 0 Å². The number of nitrogens with two attached hydrogens (primary N) is 1. The molecule has 0 aliphatic carbocycles. The van der Waals surface area contributed by atoms with Gasteiger partial charge >= 0.3 is 0 Å². The van der Waals surface area contributed by atoms with Crippen molar-refractivity contribution in [2.24, 2.45) is 5.73 Å². The third-order valence-corrected chi connectivity index (χ3v) is 4.91. The van der Waals surface area contributed by atoms with Gasteiger partial charge in [-0.25, -0.2) is 8.42 Å². The molecule has 0 bridgehead atoms. The van der Waals surface area contributed by atoms with Gasteiger partial charge in [-0.2, -0.15) is 0 Å². The fraction of sp³-hybridized carbons (Fsp3) is 0.417. The summed E-state index contributed by atoms with van der Waals surface area (Å²) in [6.45, 7) is 6.75. The third-order valence-electron chi connectivity index (χ3n) is 2.57. The lowest BCUT2D eigenvalue weighted by Gasteiger charge is -2.21. The van der Waals surface area contributed by atoms with Gasteiger partial charge in [0.2, 0.25) is 10.0 Å². The molecule has 0 fully saturated rings. The van der Waals surface area contributed by atoms with Gasteiger partial charge in [0.1, 0.15) is 4.99 Å². The summed E-state index contributed by atoms with van der Waals surface area (Å²) in [4.78, 5) is 0.242. The van der Waals surface area contributed by atoms with Crippen LogP contribution >= 0.6 is 12.2 Å². The summed E-state index contributed by atoms with van der Waals surface area (Å²) in [5.41, 5.74) is 7.51. The highest BCUT2D eigenvalue weighted by Crippen LogP contribution is 2.23. The maximum atomic E-state index is 12.1. The van der Waals surface area contributed by atoms with Gasteiger partial charge in [-0.15, -0.1) is 0 Å². The van der Waals surface area contributed by atoms with Crippen molar-refractivity contribution in [1.82, 2.24) is 0 Å². The Morgan fingerprint density at radius 1 is 1.33 bits per heavy atom. The number of anilines is 1. The number of sulfonamides is 1. The van der Waals surface area contributed by atoms with Crippen LogP contribution in [0.25, 0.3) is 0 Å². The minimum absolute atomic E-state index is 0.242. The number of hydrogen-bond acceptors (Lipinski definition) is 3. The zero-order valence-electron chi connectivity index (χ0n) is 10.9. The first-order chi connectivity index (χ1) is 8.04. The minimum atomic E-state index is -3.45. The van der Waals surface area contributed by atoms with E-state index in [0.717, 1.165) is 5.56 Å². The Labute approximate surface area is 114 Å². The number of nitrogens with one attached hydrogen (secondary N) is 1. The van der Waals surface area contributed by atoms with Crippen molar-refractivity contribution >= 4 is 32.9 Å². The molecule has 1 aromatic rings. The molecular formula is C12H18N2O2S2. The maximum Gasteiger partial charge on any atom is 0.237 e. The molecule has 0 amide bonds. The Morgan fingerprint density at radius 2 is 1.89 bits per heavy atom. The predicted octanol–water partition coefficient (Wildman–Crippen LogP) is 2.17. The van der Waals surface area contributed by atoms with Crippen LogP contribution in [0.5, 0.6) is 0 Å². The molecule has 0 radical (unpaired) electrons. The Bertz CT molecular complexity index is 572. The van der Waals surface area contributed by atoms with Crippen molar-refractivity contribution in [2.75, 3.05) is 4.72 Å². The Hall–Kier alpha value is -1.14. The van der Waals surface area contributed by atoms with E-state index in [0.29, 0.717) is 11.3 Å². The molecule has 6 heteroatoms. The van der Waals surface area contributed by atoms with E-state index in [4.69, 9.17) is 18.0 Å². The number of hydrogen-bond donors (Lipinski definition) is 2. The first-order valence-electron chi connectivity index (χ1n) is 5.47. The lowest BCUT2D eigenvalue weighted by molar-refractivity contribution is 0.566. The molecule has 3 N–H and O–H groups in total. The second kappa shape index (κ2) is 4.85. The summed E-state index contributed by atoms with van der Waals surface area (Å²) in [5.74, 6) is 0. The van der Waals surface area contributed by atoms with Crippen LogP contribution in [0.3, 0.4) is 0 Å². The van der Waals surface area contributed by atoms with Crippen molar-refractivity contribution < 1.29 is 8.42 Å². The smallest absolute Gasteiger partial charge is 0.237 e. The standard InChI is InChI=1S/C12H18N2O2S2/c1-8-5-6-9(11(13)17)7-10(8)14-18(15,16)12(2,3)4/h5-7,14H,1-4H3,(H2,13,17). The third kappa shape index (κ3) is 3.20. The molecule has 4 nitrogen and oxygen atoms in total. The second-order valence-electron chi connectivity index (χ2n) is 5.11. The molecule has 0 unspecified atom stereocenters. The second-order valence-corrected chi connectivity index (χ2v) is 7.99. The average Bonchev–Trinajstić information content (AvgIpc) is 2.18. The van der Waals surface area contributed by atoms with E-state index in [1.807, 2.05) is 6.92 Å². The van der Waals surface area contributed by atoms with Gasteiger partial charge in [-0.3, -0.25) is 4.72 Å². The molecule has 0 heterocycles. The molecule has 18 heavy (non-hydrogen) atoms. The van der Waals surface area contributed by atoms with Crippen LogP contribution in [0.1, 0.15) is 31.9 Å². The van der Waals surface area contributed by atoms with Crippen molar-refractivity contribution in [2.45, 2.75) is 32.4 Å². The SMILES string of the molecule is Cc1ccc(C(N)=S)cc1NS(=O)(=O)C(C)(C)C. The largest absolute Gasteiger partial charge is 0.389 e. The number of rotatable bonds is 3. The molecule has 0 saturated heterocycles. The fourth-order valence-corrected chi connectivity index (χ4v) is 2.13. The Morgan fingerprint density at radius 3 is 2.33 bits per heavy atom. The zero-order chi connectivity index (χ0) is 14.1. The zero-order valence-corrected chi connectivity index (χ0v) is 12.6. The molecule has 1 rings (SSSR count). The van der Waals surface area contributed by atoms with Gasteiger partial charge in [0.25, 0.3) is 0 Å². The number of benzene rings is 1. The van der Waals surface area contributed by atoms with Gasteiger partial charge in [-0.05, 0) is 39.3 Å². The summed E-state index contributed by atoms with van der Waals surface area (Å²) in [7, 11) is -3.45. The van der Waals surface area contributed by atoms with Gasteiger partial charge in [0.05, 0.1) is 10.4 Å². The minimum Gasteiger partial charge on any atom is -0.389 e. The topological polar surface area (TPSA) is 72.2 Å². The van der Waals surface area contributed by atoms with Crippen molar-refractivity contribution in [1.29, 1.82) is 0 Å². The van der Waals surface area contributed by atoms with Crippen LogP contribution in [0.2, 0.25) is 0 Å². The lowest BCUT2D eigenvalue weighted by atomic mass is 10.1. The summed E-state index contributed by atoms with van der Waals surface area (Å²) < 4.78 is 25.9. The molecule has 100 valence electrons. The normalized spacial score (nSPS) is 12.2. The van der Waals surface area contributed by atoms with Gasteiger partial charge in [-0.1, -0.05) is 24.4 Å². The van der Waals surface area contributed by atoms with E-state index in [9.17, 15) is 8.42 Å². The van der Waals surface area contributed by atoms with Crippen LogP contribution in [0.15, 0.2) is 18.2 Å². The molecular weight excluding hydrogens is 268 g/mol. The first kappa shape index (κ1) is 14.9. The summed E-state index contributed by atoms with van der Waals surface area (Å²) in [6.07, 6.45) is 0. The van der Waals surface area contributed by atoms with E-state index in [2.05, 4.69) is 4.72 Å². The molecule has 1 aromatic carbocycles. The summed E-state index contributed by atoms with van der Waals surface area (Å²) >= 11 is 4.88. The molecule has 0 aliphatic heterocycles. The van der Waals surface area contributed by atoms with Gasteiger partial charge < -0.3 is 5.73 Å². The van der Waals surface area contributed by atoms with Crippen LogP contribution in [-0.4, -0.2) is 18.2 Å². The van der Waals surface area contributed by atoms with E-state index >= 15 is 0 Å². The van der Waals surface area contributed by atoms with Crippen molar-refractivity contribution in [3.05, 3.63) is 29.3 Å². The van der Waals surface area contributed by atoms with E-state index < -0.39 is 14.8 Å². The van der Waals surface area contributed by atoms with Crippen LogP contribution in [0.4, 0.5) is 5.69 Å². The summed E-state index contributed by atoms with van der Waals surface area (Å²) in [6, 6.07) is 5.21. The van der Waals surface area contributed by atoms with Crippen molar-refractivity contribution in [3.8, 4) is 0 Å². The average molecular weight is 286 g/mol. The van der Waals surface area contributed by atoms with Crippen LogP contribution in [0, 0.1) is 6.92 Å². The quantitative estimate of drug-likeness (QED) is 0.835. The van der Waals surface area contributed by atoms with Gasteiger partial charge in [0.15, 0.2) is 0 Å². The van der Waals surface area contributed by atoms with Crippen molar-refractivity contribution in [3.63, 3.8) is 0 Å². The predicted molar refractivity (Wildman–Crippen MR) is 79.4 cm³/mol. The lowest BCUT2D eigenvalue weighted by Crippen LogP contribution is -2.34. The number of thiocarbonyl (C=S) groups is 1. The van der Waals surface area contributed by atoms with Crippen LogP contribution in [-0.2, 0) is 10.0 Å². The van der Waals surface area contributed by atoms with E-state index in [1.54, 1.807) is 39.0 Å². The molecule has 0 aliphatic rings. The summed E-state index contributed by atoms with van der Waals surface area (Å²) in [5, 5.41) is 0. The highest BCUT2D eigenvalue weighted by molar-refractivity contribution is 7.94. The van der Waals surface area contributed by atoms with Crippen LogP contribution < -0.4 is 10.5 Å².